The summed E-state index contributed by atoms with van der Waals surface area (Å²) in [6, 6.07) is 7.25. The fourth-order valence-corrected chi connectivity index (χ4v) is 3.91. The second-order valence-electron chi connectivity index (χ2n) is 5.54. The number of halogens is 1. The van der Waals surface area contributed by atoms with Crippen molar-refractivity contribution in [2.45, 2.75) is 47.7 Å². The van der Waals surface area contributed by atoms with Crippen LogP contribution >= 0.6 is 22.9 Å². The Hall–Kier alpha value is -1.69. The number of hydrogen-bond donors (Lipinski definition) is 3. The molecular formula is C19H27ClN4S. The second kappa shape index (κ2) is 9.13. The highest BCUT2D eigenvalue weighted by molar-refractivity contribution is 7.17. The molecule has 0 bridgehead atoms. The Balaban J connectivity index is 0.00000151. The lowest BCUT2D eigenvalue weighted by atomic mass is 10.00. The minimum Gasteiger partial charge on any atom is -0.311 e. The second-order valence-corrected chi connectivity index (χ2v) is 7.18. The standard InChI is InChI=1S/C17H21ClN4S.C2H6/c1-9-10(2)23-17(22(11(3)19)12(4)20)15(9)16(21)13-5-7-14(18)8-6-13;1-2/h5-8,11,20-21H,19H2,1-4H3;1-2H3. The van der Waals surface area contributed by atoms with Gasteiger partial charge in [-0.25, -0.2) is 0 Å². The molecule has 0 radical (unpaired) electrons. The molecule has 0 saturated carbocycles. The molecule has 25 heavy (non-hydrogen) atoms. The summed E-state index contributed by atoms with van der Waals surface area (Å²) in [5.74, 6) is 0.367. The molecule has 1 aromatic heterocycles. The van der Waals surface area contributed by atoms with Crippen LogP contribution in [0.4, 0.5) is 5.00 Å². The molecule has 2 rings (SSSR count). The van der Waals surface area contributed by atoms with Crippen LogP contribution in [0.3, 0.4) is 0 Å². The van der Waals surface area contributed by atoms with Crippen LogP contribution < -0.4 is 10.6 Å². The molecule has 0 aliphatic carbocycles. The van der Waals surface area contributed by atoms with Gasteiger partial charge < -0.3 is 10.6 Å². The van der Waals surface area contributed by atoms with E-state index < -0.39 is 0 Å². The van der Waals surface area contributed by atoms with Crippen molar-refractivity contribution in [2.24, 2.45) is 5.73 Å². The van der Waals surface area contributed by atoms with Gasteiger partial charge in [-0.05, 0) is 45.4 Å². The number of thiophene rings is 1. The fraction of sp³-hybridized carbons (Fsp3) is 0.368. The first-order valence-electron chi connectivity index (χ1n) is 8.28. The maximum atomic E-state index is 8.64. The van der Waals surface area contributed by atoms with E-state index in [4.69, 9.17) is 28.2 Å². The third-order valence-corrected chi connectivity index (χ3v) is 5.20. The molecule has 0 fully saturated rings. The van der Waals surface area contributed by atoms with E-state index in [0.717, 1.165) is 26.6 Å². The number of hydrogen-bond acceptors (Lipinski definition) is 4. The van der Waals surface area contributed by atoms with Gasteiger partial charge in [0.05, 0.1) is 17.7 Å². The number of nitrogens with two attached hydrogens (primary N) is 1. The number of rotatable bonds is 4. The molecule has 6 heteroatoms. The summed E-state index contributed by atoms with van der Waals surface area (Å²) in [5.41, 5.74) is 9.16. The van der Waals surface area contributed by atoms with Gasteiger partial charge in [-0.1, -0.05) is 37.6 Å². The van der Waals surface area contributed by atoms with Gasteiger partial charge in [0.25, 0.3) is 0 Å². The first kappa shape index (κ1) is 21.4. The SMILES string of the molecule is CC.CC(=N)N(c1sc(C)c(C)c1C(=N)c1ccc(Cl)cc1)C(C)N. The number of benzene rings is 1. The van der Waals surface area contributed by atoms with Crippen LogP contribution in [0.2, 0.25) is 5.02 Å². The van der Waals surface area contributed by atoms with Gasteiger partial charge in [0.15, 0.2) is 0 Å². The predicted octanol–water partition coefficient (Wildman–Crippen LogP) is 5.57. The van der Waals surface area contributed by atoms with Crippen LogP contribution in [0.1, 0.15) is 49.3 Å². The van der Waals surface area contributed by atoms with E-state index in [9.17, 15) is 0 Å². The molecule has 0 aliphatic rings. The monoisotopic (exact) mass is 378 g/mol. The van der Waals surface area contributed by atoms with Gasteiger partial charge in [-0.3, -0.25) is 10.8 Å². The lowest BCUT2D eigenvalue weighted by Gasteiger charge is -2.27. The number of nitrogens with zero attached hydrogens (tertiary/aromatic N) is 1. The zero-order chi connectivity index (χ0) is 19.3. The molecule has 0 saturated heterocycles. The van der Waals surface area contributed by atoms with Crippen molar-refractivity contribution < 1.29 is 0 Å². The van der Waals surface area contributed by atoms with Crippen molar-refractivity contribution in [3.8, 4) is 0 Å². The first-order valence-corrected chi connectivity index (χ1v) is 9.48. The zero-order valence-electron chi connectivity index (χ0n) is 15.7. The van der Waals surface area contributed by atoms with Crippen LogP contribution in [0.5, 0.6) is 0 Å². The Morgan fingerprint density at radius 1 is 1.16 bits per heavy atom. The molecular weight excluding hydrogens is 352 g/mol. The van der Waals surface area contributed by atoms with E-state index in [-0.39, 0.29) is 6.17 Å². The summed E-state index contributed by atoms with van der Waals surface area (Å²) < 4.78 is 0. The summed E-state index contributed by atoms with van der Waals surface area (Å²) in [6.45, 7) is 11.6. The quantitative estimate of drug-likeness (QED) is 0.369. The summed E-state index contributed by atoms with van der Waals surface area (Å²) in [5, 5.41) is 18.2. The number of anilines is 1. The minimum atomic E-state index is -0.332. The Kier molecular flexibility index (Phi) is 7.80. The summed E-state index contributed by atoms with van der Waals surface area (Å²) in [4.78, 5) is 2.89. The third kappa shape index (κ3) is 4.69. The predicted molar refractivity (Wildman–Crippen MR) is 112 cm³/mol. The molecule has 0 spiro atoms. The summed E-state index contributed by atoms with van der Waals surface area (Å²) in [6.07, 6.45) is -0.332. The molecule has 0 aliphatic heterocycles. The lowest BCUT2D eigenvalue weighted by Crippen LogP contribution is -2.42. The van der Waals surface area contributed by atoms with E-state index in [1.165, 1.54) is 0 Å². The van der Waals surface area contributed by atoms with Crippen LogP contribution in [0.15, 0.2) is 24.3 Å². The number of nitrogens with one attached hydrogen (secondary N) is 2. The molecule has 1 heterocycles. The summed E-state index contributed by atoms with van der Waals surface area (Å²) >= 11 is 7.51. The largest absolute Gasteiger partial charge is 0.311 e. The van der Waals surface area contributed by atoms with Crippen molar-refractivity contribution in [3.63, 3.8) is 0 Å². The maximum Gasteiger partial charge on any atom is 0.108 e. The molecule has 1 atom stereocenters. The van der Waals surface area contributed by atoms with Gasteiger partial charge in [-0.2, -0.15) is 0 Å². The van der Waals surface area contributed by atoms with Gasteiger partial charge in [0.1, 0.15) is 5.00 Å². The molecule has 1 aromatic carbocycles. The van der Waals surface area contributed by atoms with Gasteiger partial charge in [0, 0.05) is 21.0 Å². The van der Waals surface area contributed by atoms with Crippen molar-refractivity contribution in [1.29, 1.82) is 10.8 Å². The van der Waals surface area contributed by atoms with E-state index in [2.05, 4.69) is 0 Å². The molecule has 136 valence electrons. The van der Waals surface area contributed by atoms with Crippen LogP contribution in [0, 0.1) is 24.7 Å². The molecule has 4 N–H and O–H groups in total. The number of aryl methyl sites for hydroxylation is 1. The average Bonchev–Trinajstić information content (AvgIpc) is 2.83. The van der Waals surface area contributed by atoms with Gasteiger partial charge >= 0.3 is 0 Å². The third-order valence-electron chi connectivity index (χ3n) is 3.74. The van der Waals surface area contributed by atoms with E-state index in [1.807, 2.05) is 46.8 Å². The van der Waals surface area contributed by atoms with Crippen molar-refractivity contribution in [2.75, 3.05) is 4.90 Å². The van der Waals surface area contributed by atoms with Gasteiger partial charge in [-0.15, -0.1) is 11.3 Å². The Labute approximate surface area is 159 Å². The van der Waals surface area contributed by atoms with Crippen molar-refractivity contribution in [3.05, 3.63) is 50.9 Å². The molecule has 0 amide bonds. The van der Waals surface area contributed by atoms with Crippen LogP contribution in [-0.2, 0) is 0 Å². The van der Waals surface area contributed by atoms with E-state index in [1.54, 1.807) is 35.3 Å². The highest BCUT2D eigenvalue weighted by atomic mass is 35.5. The first-order chi connectivity index (χ1) is 11.7. The normalized spacial score (nSPS) is 11.4. The Morgan fingerprint density at radius 2 is 1.68 bits per heavy atom. The zero-order valence-corrected chi connectivity index (χ0v) is 17.3. The van der Waals surface area contributed by atoms with Crippen molar-refractivity contribution in [1.82, 2.24) is 0 Å². The lowest BCUT2D eigenvalue weighted by molar-refractivity contribution is 0.768. The topological polar surface area (TPSA) is 77.0 Å². The van der Waals surface area contributed by atoms with Crippen LogP contribution in [-0.4, -0.2) is 17.7 Å². The average molecular weight is 379 g/mol. The minimum absolute atomic E-state index is 0.332. The summed E-state index contributed by atoms with van der Waals surface area (Å²) in [7, 11) is 0. The highest BCUT2D eigenvalue weighted by Gasteiger charge is 2.25. The molecule has 1 unspecified atom stereocenters. The van der Waals surface area contributed by atoms with Gasteiger partial charge in [0.2, 0.25) is 0 Å². The van der Waals surface area contributed by atoms with E-state index in [0.29, 0.717) is 16.6 Å². The highest BCUT2D eigenvalue weighted by Crippen LogP contribution is 2.37. The van der Waals surface area contributed by atoms with Crippen LogP contribution in [0.25, 0.3) is 0 Å². The Bertz CT molecular complexity index is 748. The van der Waals surface area contributed by atoms with Crippen molar-refractivity contribution >= 4 is 39.5 Å². The number of amidine groups is 1. The van der Waals surface area contributed by atoms with E-state index >= 15 is 0 Å². The smallest absolute Gasteiger partial charge is 0.108 e. The fourth-order valence-electron chi connectivity index (χ4n) is 2.48. The molecule has 4 nitrogen and oxygen atoms in total. The Morgan fingerprint density at radius 3 is 2.12 bits per heavy atom. The maximum absolute atomic E-state index is 8.64. The molecule has 2 aromatic rings.